The van der Waals surface area contributed by atoms with Gasteiger partial charge in [-0.3, -0.25) is 4.79 Å². The number of hydrogen-bond donors (Lipinski definition) is 3. The number of benzene rings is 1. The molecule has 3 heterocycles. The van der Waals surface area contributed by atoms with Gasteiger partial charge in [-0.2, -0.15) is 5.26 Å². The first-order chi connectivity index (χ1) is 17.9. The molecule has 0 radical (unpaired) electrons. The molecule has 1 saturated carbocycles. The molecule has 1 aliphatic rings. The normalized spacial score (nSPS) is 19.1. The second kappa shape index (κ2) is 10.1. The lowest BCUT2D eigenvalue weighted by Crippen LogP contribution is -2.44. The van der Waals surface area contributed by atoms with Crippen LogP contribution >= 0.6 is 0 Å². The van der Waals surface area contributed by atoms with Gasteiger partial charge in [-0.05, 0) is 66.6 Å². The topological polar surface area (TPSA) is 124 Å². The third-order valence-electron chi connectivity index (χ3n) is 7.17. The number of amides is 1. The second-order valence-electron chi connectivity index (χ2n) is 10.4. The lowest BCUT2D eigenvalue weighted by atomic mass is 9.57. The van der Waals surface area contributed by atoms with Gasteiger partial charge in [0, 0.05) is 31.9 Å². The van der Waals surface area contributed by atoms with Crippen LogP contribution in [0.5, 0.6) is 0 Å². The van der Waals surface area contributed by atoms with E-state index >= 15 is 0 Å². The molecule has 9 heteroatoms. The highest BCUT2D eigenvalue weighted by Gasteiger charge is 2.49. The lowest BCUT2D eigenvalue weighted by molar-refractivity contribution is 0.102. The van der Waals surface area contributed by atoms with Crippen molar-refractivity contribution in [2.24, 2.45) is 18.9 Å². The molecule has 0 saturated heterocycles. The average molecular weight is 497 g/mol. The summed E-state index contributed by atoms with van der Waals surface area (Å²) in [6.45, 7) is 5.87. The Hall–Kier alpha value is -4.03. The molecular formula is C28H32N8O. The van der Waals surface area contributed by atoms with Crippen molar-refractivity contribution >= 4 is 22.6 Å². The van der Waals surface area contributed by atoms with Crippen LogP contribution < -0.4 is 10.6 Å². The molecule has 0 aliphatic heterocycles. The standard InChI is InChI=1S/C28H32N8O/c1-18(2)15-30-16-20-11-24(34-23-8-10-31-25(20)23)26(37)33-22-6-4-5-21(12-22)28(13-19(14-28)7-9-29)27-35-32-17-36(27)3/h4-6,8,10-12,17-19,30-31H,7,13-16H2,1-3H3,(H,33,37). The van der Waals surface area contributed by atoms with Crippen LogP contribution in [0.1, 0.15) is 60.5 Å². The van der Waals surface area contributed by atoms with Crippen molar-refractivity contribution in [3.05, 3.63) is 71.6 Å². The number of aromatic amines is 1. The van der Waals surface area contributed by atoms with Crippen LogP contribution in [0.25, 0.3) is 11.0 Å². The molecule has 1 aromatic carbocycles. The summed E-state index contributed by atoms with van der Waals surface area (Å²) >= 11 is 0. The summed E-state index contributed by atoms with van der Waals surface area (Å²) in [7, 11) is 1.94. The molecule has 3 N–H and O–H groups in total. The first-order valence-electron chi connectivity index (χ1n) is 12.7. The van der Waals surface area contributed by atoms with Gasteiger partial charge in [0.1, 0.15) is 17.8 Å². The van der Waals surface area contributed by atoms with Gasteiger partial charge in [0.05, 0.1) is 22.5 Å². The first-order valence-corrected chi connectivity index (χ1v) is 12.7. The zero-order valence-electron chi connectivity index (χ0n) is 21.5. The number of hydrogen-bond acceptors (Lipinski definition) is 6. The van der Waals surface area contributed by atoms with Crippen LogP contribution in [-0.4, -0.2) is 37.2 Å². The zero-order valence-corrected chi connectivity index (χ0v) is 21.5. The Morgan fingerprint density at radius 1 is 1.30 bits per heavy atom. The number of aromatic nitrogens is 5. The van der Waals surface area contributed by atoms with Crippen molar-refractivity contribution in [3.8, 4) is 6.07 Å². The van der Waals surface area contributed by atoms with Gasteiger partial charge in [0.25, 0.3) is 5.91 Å². The maximum absolute atomic E-state index is 13.3. The fourth-order valence-corrected chi connectivity index (χ4v) is 5.41. The number of nitrogens with one attached hydrogen (secondary N) is 3. The minimum absolute atomic E-state index is 0.256. The van der Waals surface area contributed by atoms with Crippen LogP contribution in [0.15, 0.2) is 48.9 Å². The van der Waals surface area contributed by atoms with Crippen molar-refractivity contribution in [3.63, 3.8) is 0 Å². The highest BCUT2D eigenvalue weighted by molar-refractivity contribution is 6.04. The van der Waals surface area contributed by atoms with Gasteiger partial charge >= 0.3 is 0 Å². The van der Waals surface area contributed by atoms with Crippen LogP contribution in [0, 0.1) is 23.2 Å². The number of nitrogens with zero attached hydrogens (tertiary/aromatic N) is 5. The molecule has 1 amide bonds. The van der Waals surface area contributed by atoms with Crippen molar-refractivity contribution in [2.45, 2.75) is 45.1 Å². The molecule has 3 aromatic heterocycles. The molecule has 0 bridgehead atoms. The Morgan fingerprint density at radius 3 is 2.86 bits per heavy atom. The summed E-state index contributed by atoms with van der Waals surface area (Å²) in [6, 6.07) is 13.9. The van der Waals surface area contributed by atoms with E-state index < -0.39 is 0 Å². The minimum atomic E-state index is -0.328. The lowest BCUT2D eigenvalue weighted by Gasteiger charge is -2.46. The minimum Gasteiger partial charge on any atom is -0.360 e. The Bertz CT molecular complexity index is 1450. The van der Waals surface area contributed by atoms with Gasteiger partial charge in [0.2, 0.25) is 0 Å². The van der Waals surface area contributed by atoms with E-state index in [4.69, 9.17) is 0 Å². The van der Waals surface area contributed by atoms with Crippen molar-refractivity contribution in [2.75, 3.05) is 11.9 Å². The zero-order chi connectivity index (χ0) is 26.0. The molecule has 4 aromatic rings. The molecule has 0 unspecified atom stereocenters. The van der Waals surface area contributed by atoms with E-state index in [1.165, 1.54) is 0 Å². The van der Waals surface area contributed by atoms with E-state index in [9.17, 15) is 10.1 Å². The molecule has 9 nitrogen and oxygen atoms in total. The number of rotatable bonds is 9. The van der Waals surface area contributed by atoms with Gasteiger partial charge in [-0.15, -0.1) is 10.2 Å². The number of anilines is 1. The predicted molar refractivity (Wildman–Crippen MR) is 142 cm³/mol. The van der Waals surface area contributed by atoms with Crippen LogP contribution in [0.4, 0.5) is 5.69 Å². The van der Waals surface area contributed by atoms with Crippen molar-refractivity contribution in [1.82, 2.24) is 30.0 Å². The Labute approximate surface area is 216 Å². The number of fused-ring (bicyclic) bond motifs is 1. The number of carbonyl (C=O) groups is 1. The van der Waals surface area contributed by atoms with Crippen LogP contribution in [0.2, 0.25) is 0 Å². The summed E-state index contributed by atoms with van der Waals surface area (Å²) in [5.41, 5.74) is 4.52. The fourth-order valence-electron chi connectivity index (χ4n) is 5.41. The molecule has 1 fully saturated rings. The summed E-state index contributed by atoms with van der Waals surface area (Å²) in [6.07, 6.45) is 5.72. The van der Waals surface area contributed by atoms with Crippen LogP contribution in [0.3, 0.4) is 0 Å². The van der Waals surface area contributed by atoms with E-state index in [-0.39, 0.29) is 11.3 Å². The molecule has 37 heavy (non-hydrogen) atoms. The summed E-state index contributed by atoms with van der Waals surface area (Å²) in [5, 5.41) is 24.2. The maximum atomic E-state index is 13.3. The van der Waals surface area contributed by atoms with Gasteiger partial charge in [0.15, 0.2) is 0 Å². The van der Waals surface area contributed by atoms with E-state index in [1.807, 2.05) is 48.1 Å². The first kappa shape index (κ1) is 24.7. The molecule has 1 aliphatic carbocycles. The third-order valence-corrected chi connectivity index (χ3v) is 7.17. The molecular weight excluding hydrogens is 464 g/mol. The van der Waals surface area contributed by atoms with Gasteiger partial charge in [-0.1, -0.05) is 26.0 Å². The average Bonchev–Trinajstić information content (AvgIpc) is 3.50. The number of H-pyrrole nitrogens is 1. The van der Waals surface area contributed by atoms with Crippen molar-refractivity contribution < 1.29 is 4.79 Å². The SMILES string of the molecule is CC(C)CNCc1cc(C(=O)Nc2cccc(C3(c4nncn4C)CC(CC#N)C3)c2)nc2cc[nH]c12. The third kappa shape index (κ3) is 4.85. The predicted octanol–water partition coefficient (Wildman–Crippen LogP) is 4.30. The quantitative estimate of drug-likeness (QED) is 0.317. The van der Waals surface area contributed by atoms with E-state index in [1.54, 1.807) is 6.33 Å². The molecule has 5 rings (SSSR count). The van der Waals surface area contributed by atoms with Crippen molar-refractivity contribution in [1.29, 1.82) is 5.26 Å². The van der Waals surface area contributed by atoms with Gasteiger partial charge < -0.3 is 20.2 Å². The maximum Gasteiger partial charge on any atom is 0.274 e. The largest absolute Gasteiger partial charge is 0.360 e. The summed E-state index contributed by atoms with van der Waals surface area (Å²) < 4.78 is 1.94. The van der Waals surface area contributed by atoms with E-state index in [2.05, 4.69) is 56.8 Å². The van der Waals surface area contributed by atoms with E-state index in [0.717, 1.165) is 47.4 Å². The smallest absolute Gasteiger partial charge is 0.274 e. The fraction of sp³-hybridized carbons (Fsp3) is 0.393. The highest BCUT2D eigenvalue weighted by atomic mass is 16.1. The number of aryl methyl sites for hydroxylation is 1. The van der Waals surface area contributed by atoms with E-state index in [0.29, 0.717) is 36.2 Å². The molecule has 190 valence electrons. The number of nitriles is 1. The summed E-state index contributed by atoms with van der Waals surface area (Å²) in [5.74, 6) is 1.48. The number of carbonyl (C=O) groups excluding carboxylic acids is 1. The Balaban J connectivity index is 1.40. The Morgan fingerprint density at radius 2 is 2.14 bits per heavy atom. The monoisotopic (exact) mass is 496 g/mol. The highest BCUT2D eigenvalue weighted by Crippen LogP contribution is 2.53. The second-order valence-corrected chi connectivity index (χ2v) is 10.4. The van der Waals surface area contributed by atoms with Crippen LogP contribution in [-0.2, 0) is 19.0 Å². The number of pyridine rings is 1. The van der Waals surface area contributed by atoms with Gasteiger partial charge in [-0.25, -0.2) is 4.98 Å². The Kier molecular flexibility index (Phi) is 6.76. The molecule has 0 spiro atoms. The molecule has 0 atom stereocenters. The summed E-state index contributed by atoms with van der Waals surface area (Å²) in [4.78, 5) is 21.1.